The van der Waals surface area contributed by atoms with Crippen LogP contribution in [0.25, 0.3) is 0 Å². The molecule has 0 radical (unpaired) electrons. The third-order valence-electron chi connectivity index (χ3n) is 8.95. The molecule has 0 saturated heterocycles. The first kappa shape index (κ1) is 16.0. The Bertz CT molecular complexity index is 536. The molecule has 2 N–H and O–H groups in total. The van der Waals surface area contributed by atoms with Crippen LogP contribution in [0.4, 0.5) is 0 Å². The standard InChI is InChI=1S/C21H32O2/c1-4-21(23)12-11-19(2)14(13-21)5-6-15-16-7-8-18(22)20(16,3)10-9-17(15)19/h1,14-18,22-23H,5-13H2,2-3H3/t14-,15+,16-,17+,18+,19+,20-,21+/m1/s1. The largest absolute Gasteiger partial charge is 0.393 e. The van der Waals surface area contributed by atoms with E-state index >= 15 is 0 Å². The van der Waals surface area contributed by atoms with Gasteiger partial charge in [0.25, 0.3) is 0 Å². The molecule has 0 spiro atoms. The second-order valence-electron chi connectivity index (χ2n) is 9.67. The smallest absolute Gasteiger partial charge is 0.125 e. The minimum atomic E-state index is -0.857. The third-order valence-corrected chi connectivity index (χ3v) is 8.95. The van der Waals surface area contributed by atoms with Crippen LogP contribution >= 0.6 is 0 Å². The molecule has 2 nitrogen and oxygen atoms in total. The van der Waals surface area contributed by atoms with Crippen molar-refractivity contribution in [2.45, 2.75) is 83.3 Å². The Morgan fingerprint density at radius 3 is 2.39 bits per heavy atom. The van der Waals surface area contributed by atoms with E-state index in [1.54, 1.807) is 0 Å². The van der Waals surface area contributed by atoms with Gasteiger partial charge in [-0.3, -0.25) is 0 Å². The summed E-state index contributed by atoms with van der Waals surface area (Å²) in [6.07, 6.45) is 15.3. The lowest BCUT2D eigenvalue weighted by Crippen LogP contribution is -2.56. The molecule has 8 atom stereocenters. The number of hydrogen-bond donors (Lipinski definition) is 2. The second-order valence-corrected chi connectivity index (χ2v) is 9.67. The average Bonchev–Trinajstić information content (AvgIpc) is 2.84. The zero-order valence-corrected chi connectivity index (χ0v) is 14.7. The molecular weight excluding hydrogens is 284 g/mol. The third kappa shape index (κ3) is 2.09. The van der Waals surface area contributed by atoms with Crippen LogP contribution in [0.1, 0.15) is 71.6 Å². The van der Waals surface area contributed by atoms with Gasteiger partial charge in [0.1, 0.15) is 5.60 Å². The summed E-state index contributed by atoms with van der Waals surface area (Å²) in [5, 5.41) is 21.1. The number of rotatable bonds is 0. The van der Waals surface area contributed by atoms with Crippen LogP contribution in [0.2, 0.25) is 0 Å². The molecule has 4 aliphatic carbocycles. The molecule has 0 unspecified atom stereocenters. The summed E-state index contributed by atoms with van der Waals surface area (Å²) < 4.78 is 0. The summed E-state index contributed by atoms with van der Waals surface area (Å²) >= 11 is 0. The first-order valence-corrected chi connectivity index (χ1v) is 9.71. The van der Waals surface area contributed by atoms with Gasteiger partial charge in [0.2, 0.25) is 0 Å². The van der Waals surface area contributed by atoms with E-state index in [0.29, 0.717) is 17.3 Å². The van der Waals surface area contributed by atoms with E-state index in [-0.39, 0.29) is 11.5 Å². The molecule has 0 aromatic heterocycles. The van der Waals surface area contributed by atoms with Crippen molar-refractivity contribution in [3.8, 4) is 12.3 Å². The molecule has 4 saturated carbocycles. The zero-order chi connectivity index (χ0) is 16.5. The molecule has 0 aliphatic heterocycles. The van der Waals surface area contributed by atoms with Crippen LogP contribution in [-0.4, -0.2) is 21.9 Å². The Labute approximate surface area is 141 Å². The minimum absolute atomic E-state index is 0.0862. The first-order chi connectivity index (χ1) is 10.8. The van der Waals surface area contributed by atoms with Crippen LogP contribution in [0.3, 0.4) is 0 Å². The molecule has 4 fully saturated rings. The van der Waals surface area contributed by atoms with Gasteiger partial charge >= 0.3 is 0 Å². The highest BCUT2D eigenvalue weighted by Gasteiger charge is 2.60. The van der Waals surface area contributed by atoms with Crippen molar-refractivity contribution < 1.29 is 10.2 Å². The molecule has 4 rings (SSSR count). The second kappa shape index (κ2) is 4.99. The summed E-state index contributed by atoms with van der Waals surface area (Å²) in [5.41, 5.74) is -0.344. The van der Waals surface area contributed by atoms with Gasteiger partial charge in [-0.05, 0) is 92.3 Å². The van der Waals surface area contributed by atoms with Crippen LogP contribution < -0.4 is 0 Å². The van der Waals surface area contributed by atoms with Crippen molar-refractivity contribution in [2.24, 2.45) is 34.5 Å². The van der Waals surface area contributed by atoms with E-state index in [9.17, 15) is 10.2 Å². The topological polar surface area (TPSA) is 40.5 Å². The highest BCUT2D eigenvalue weighted by Crippen LogP contribution is 2.66. The van der Waals surface area contributed by atoms with E-state index in [4.69, 9.17) is 6.42 Å². The Balaban J connectivity index is 1.61. The highest BCUT2D eigenvalue weighted by atomic mass is 16.3. The summed E-state index contributed by atoms with van der Waals surface area (Å²) in [7, 11) is 0. The molecular formula is C21H32O2. The van der Waals surface area contributed by atoms with Crippen molar-refractivity contribution in [2.75, 3.05) is 0 Å². The summed E-state index contributed by atoms with van der Waals surface area (Å²) in [6.45, 7) is 4.83. The van der Waals surface area contributed by atoms with E-state index in [1.807, 2.05) is 0 Å². The van der Waals surface area contributed by atoms with Crippen molar-refractivity contribution in [1.82, 2.24) is 0 Å². The summed E-state index contributed by atoms with van der Waals surface area (Å²) in [5.74, 6) is 5.51. The fraction of sp³-hybridized carbons (Fsp3) is 0.905. The van der Waals surface area contributed by atoms with E-state index in [0.717, 1.165) is 37.5 Å². The van der Waals surface area contributed by atoms with Crippen LogP contribution in [0.5, 0.6) is 0 Å². The molecule has 0 aromatic carbocycles. The quantitative estimate of drug-likeness (QED) is 0.668. The van der Waals surface area contributed by atoms with Gasteiger partial charge in [0.05, 0.1) is 6.10 Å². The fourth-order valence-corrected chi connectivity index (χ4v) is 7.35. The highest BCUT2D eigenvalue weighted by molar-refractivity contribution is 5.16. The van der Waals surface area contributed by atoms with Crippen molar-refractivity contribution in [3.05, 3.63) is 0 Å². The fourth-order valence-electron chi connectivity index (χ4n) is 7.35. The Morgan fingerprint density at radius 2 is 1.65 bits per heavy atom. The van der Waals surface area contributed by atoms with Gasteiger partial charge in [-0.1, -0.05) is 19.8 Å². The number of aliphatic hydroxyl groups is 2. The Kier molecular flexibility index (Phi) is 3.47. The van der Waals surface area contributed by atoms with Gasteiger partial charge in [-0.15, -0.1) is 6.42 Å². The van der Waals surface area contributed by atoms with Gasteiger partial charge < -0.3 is 10.2 Å². The van der Waals surface area contributed by atoms with Crippen LogP contribution in [-0.2, 0) is 0 Å². The van der Waals surface area contributed by atoms with Gasteiger partial charge in [-0.2, -0.15) is 0 Å². The predicted molar refractivity (Wildman–Crippen MR) is 91.5 cm³/mol. The van der Waals surface area contributed by atoms with Crippen molar-refractivity contribution in [3.63, 3.8) is 0 Å². The van der Waals surface area contributed by atoms with Gasteiger partial charge in [0.15, 0.2) is 0 Å². The van der Waals surface area contributed by atoms with E-state index in [1.165, 1.54) is 32.1 Å². The zero-order valence-electron chi connectivity index (χ0n) is 14.7. The maximum atomic E-state index is 10.6. The lowest BCUT2D eigenvalue weighted by Gasteiger charge is -2.61. The lowest BCUT2D eigenvalue weighted by molar-refractivity contribution is -0.143. The van der Waals surface area contributed by atoms with E-state index in [2.05, 4.69) is 19.8 Å². The average molecular weight is 316 g/mol. The Hall–Kier alpha value is -0.520. The van der Waals surface area contributed by atoms with Crippen LogP contribution in [0.15, 0.2) is 0 Å². The molecule has 0 amide bonds. The predicted octanol–water partition coefficient (Wildman–Crippen LogP) is 3.75. The van der Waals surface area contributed by atoms with Gasteiger partial charge in [-0.25, -0.2) is 0 Å². The molecule has 0 bridgehead atoms. The minimum Gasteiger partial charge on any atom is -0.393 e. The number of aliphatic hydroxyl groups excluding tert-OH is 1. The lowest BCUT2D eigenvalue weighted by atomic mass is 9.44. The normalized spacial score (nSPS) is 58.7. The van der Waals surface area contributed by atoms with Crippen molar-refractivity contribution in [1.29, 1.82) is 0 Å². The molecule has 128 valence electrons. The SMILES string of the molecule is C#C[C@]1(O)CC[C@@]2(C)[C@H](CC[C@H]3[C@H]4CC[C@H](O)[C@]4(C)CC[C@@H]32)C1. The molecule has 0 heterocycles. The summed E-state index contributed by atoms with van der Waals surface area (Å²) in [4.78, 5) is 0. The maximum Gasteiger partial charge on any atom is 0.125 e. The maximum absolute atomic E-state index is 10.6. The van der Waals surface area contributed by atoms with E-state index < -0.39 is 5.60 Å². The molecule has 0 aromatic rings. The van der Waals surface area contributed by atoms with Gasteiger partial charge in [0, 0.05) is 0 Å². The molecule has 23 heavy (non-hydrogen) atoms. The Morgan fingerprint density at radius 1 is 0.913 bits per heavy atom. The number of terminal acetylenes is 1. The first-order valence-electron chi connectivity index (χ1n) is 9.71. The van der Waals surface area contributed by atoms with Crippen molar-refractivity contribution >= 4 is 0 Å². The number of fused-ring (bicyclic) bond motifs is 5. The molecule has 4 aliphatic rings. The van der Waals surface area contributed by atoms with Crippen LogP contribution in [0, 0.1) is 46.8 Å². The summed E-state index contributed by atoms with van der Waals surface area (Å²) in [6, 6.07) is 0. The number of hydrogen-bond acceptors (Lipinski definition) is 2. The monoisotopic (exact) mass is 316 g/mol. The molecule has 2 heteroatoms.